The van der Waals surface area contributed by atoms with Crippen LogP contribution >= 0.6 is 0 Å². The van der Waals surface area contributed by atoms with Crippen LogP contribution in [0.25, 0.3) is 22.2 Å². The lowest BCUT2D eigenvalue weighted by Gasteiger charge is -2.03. The van der Waals surface area contributed by atoms with Crippen molar-refractivity contribution in [2.24, 2.45) is 14.1 Å². The molecular formula is C21H33N3O. The molecule has 4 heteroatoms. The number of pyridine rings is 1. The van der Waals surface area contributed by atoms with Crippen LogP contribution in [0.1, 0.15) is 47.1 Å². The molecule has 25 heavy (non-hydrogen) atoms. The Bertz CT molecular complexity index is 829. The van der Waals surface area contributed by atoms with E-state index >= 15 is 0 Å². The summed E-state index contributed by atoms with van der Waals surface area (Å²) in [5.41, 5.74) is 3.98. The van der Waals surface area contributed by atoms with Gasteiger partial charge in [-0.3, -0.25) is 19.1 Å². The van der Waals surface area contributed by atoms with Gasteiger partial charge >= 0.3 is 0 Å². The predicted octanol–water partition coefficient (Wildman–Crippen LogP) is 5.33. The van der Waals surface area contributed by atoms with Gasteiger partial charge in [-0.25, -0.2) is 0 Å². The summed E-state index contributed by atoms with van der Waals surface area (Å²) in [6.45, 7) is 14.0. The molecule has 138 valence electrons. The van der Waals surface area contributed by atoms with Crippen LogP contribution in [0.5, 0.6) is 0 Å². The van der Waals surface area contributed by atoms with E-state index in [-0.39, 0.29) is 5.56 Å². The van der Waals surface area contributed by atoms with E-state index in [2.05, 4.69) is 4.98 Å². The fourth-order valence-electron chi connectivity index (χ4n) is 2.32. The van der Waals surface area contributed by atoms with Crippen LogP contribution in [0.2, 0.25) is 0 Å². The minimum Gasteiger partial charge on any atom is -0.285 e. The Hall–Kier alpha value is -2.36. The molecule has 0 saturated heterocycles. The lowest BCUT2D eigenvalue weighted by Crippen LogP contribution is -2.16. The van der Waals surface area contributed by atoms with Crippen molar-refractivity contribution in [3.63, 3.8) is 0 Å². The summed E-state index contributed by atoms with van der Waals surface area (Å²) in [5, 5.41) is 0.728. The second-order valence-corrected chi connectivity index (χ2v) is 4.80. The van der Waals surface area contributed by atoms with Crippen LogP contribution in [0, 0.1) is 6.92 Å². The highest BCUT2D eigenvalue weighted by Crippen LogP contribution is 2.21. The molecule has 0 spiro atoms. The molecule has 0 aliphatic heterocycles. The van der Waals surface area contributed by atoms with Gasteiger partial charge in [-0.2, -0.15) is 0 Å². The van der Waals surface area contributed by atoms with E-state index < -0.39 is 0 Å². The Balaban J connectivity index is 0.000000871. The maximum absolute atomic E-state index is 12.1. The van der Waals surface area contributed by atoms with Gasteiger partial charge in [-0.15, -0.1) is 0 Å². The highest BCUT2D eigenvalue weighted by Gasteiger charge is 2.09. The molecule has 0 N–H and O–H groups in total. The van der Waals surface area contributed by atoms with Crippen LogP contribution in [0.15, 0.2) is 41.3 Å². The van der Waals surface area contributed by atoms with Gasteiger partial charge in [0.15, 0.2) is 0 Å². The standard InChI is InChI=1S/C15H15N3O.3C2H6/c1-10-6-7-16-13(8-10)11-4-5-14-12(9-11)15(19)18(3)17(14)2;3*1-2/h4-9H,1-3H3;3*1-2H3. The van der Waals surface area contributed by atoms with Crippen LogP contribution in [-0.2, 0) is 14.1 Å². The number of rotatable bonds is 1. The fraction of sp³-hybridized carbons (Fsp3) is 0.429. The number of fused-ring (bicyclic) bond motifs is 1. The van der Waals surface area contributed by atoms with Crippen molar-refractivity contribution in [3.05, 3.63) is 52.4 Å². The van der Waals surface area contributed by atoms with Crippen molar-refractivity contribution in [2.75, 3.05) is 0 Å². The van der Waals surface area contributed by atoms with Gasteiger partial charge in [0.05, 0.1) is 16.6 Å². The van der Waals surface area contributed by atoms with Crippen molar-refractivity contribution < 1.29 is 0 Å². The van der Waals surface area contributed by atoms with Crippen molar-refractivity contribution >= 4 is 10.9 Å². The molecule has 0 saturated carbocycles. The Morgan fingerprint density at radius 1 is 0.840 bits per heavy atom. The summed E-state index contributed by atoms with van der Waals surface area (Å²) in [7, 11) is 3.65. The Morgan fingerprint density at radius 3 is 2.00 bits per heavy atom. The summed E-state index contributed by atoms with van der Waals surface area (Å²) in [6.07, 6.45) is 1.79. The van der Waals surface area contributed by atoms with Crippen molar-refractivity contribution in [2.45, 2.75) is 48.5 Å². The summed E-state index contributed by atoms with van der Waals surface area (Å²) in [4.78, 5) is 16.5. The number of aryl methyl sites for hydroxylation is 2. The summed E-state index contributed by atoms with van der Waals surface area (Å²) in [5.74, 6) is 0. The first-order chi connectivity index (χ1) is 12.1. The number of aromatic nitrogens is 3. The van der Waals surface area contributed by atoms with Crippen molar-refractivity contribution in [1.82, 2.24) is 14.3 Å². The smallest absolute Gasteiger partial charge is 0.274 e. The first kappa shape index (κ1) is 22.6. The van der Waals surface area contributed by atoms with Crippen LogP contribution in [0.3, 0.4) is 0 Å². The average molecular weight is 344 g/mol. The zero-order valence-corrected chi connectivity index (χ0v) is 17.2. The van der Waals surface area contributed by atoms with Gasteiger partial charge in [0.25, 0.3) is 5.56 Å². The molecule has 2 aromatic heterocycles. The summed E-state index contributed by atoms with van der Waals surface area (Å²) >= 11 is 0. The zero-order valence-electron chi connectivity index (χ0n) is 17.2. The number of hydrogen-bond acceptors (Lipinski definition) is 2. The molecule has 1 aromatic carbocycles. The van der Waals surface area contributed by atoms with E-state index in [9.17, 15) is 4.79 Å². The van der Waals surface area contributed by atoms with Gasteiger partial charge in [0.2, 0.25) is 0 Å². The number of benzene rings is 1. The summed E-state index contributed by atoms with van der Waals surface area (Å²) < 4.78 is 3.46. The largest absolute Gasteiger partial charge is 0.285 e. The summed E-state index contributed by atoms with van der Waals surface area (Å²) in [6, 6.07) is 9.87. The predicted molar refractivity (Wildman–Crippen MR) is 110 cm³/mol. The lowest BCUT2D eigenvalue weighted by atomic mass is 10.1. The van der Waals surface area contributed by atoms with Gasteiger partial charge < -0.3 is 0 Å². The lowest BCUT2D eigenvalue weighted by molar-refractivity contribution is 0.595. The molecule has 0 radical (unpaired) electrons. The van der Waals surface area contributed by atoms with E-state index in [4.69, 9.17) is 0 Å². The molecule has 0 fully saturated rings. The van der Waals surface area contributed by atoms with E-state index in [1.807, 2.05) is 90.5 Å². The van der Waals surface area contributed by atoms with E-state index in [1.54, 1.807) is 17.9 Å². The van der Waals surface area contributed by atoms with Gasteiger partial charge in [0.1, 0.15) is 0 Å². The third-order valence-electron chi connectivity index (χ3n) is 3.53. The van der Waals surface area contributed by atoms with Crippen molar-refractivity contribution in [3.8, 4) is 11.3 Å². The van der Waals surface area contributed by atoms with Gasteiger partial charge in [-0.05, 0) is 36.8 Å². The zero-order chi connectivity index (χ0) is 19.6. The molecule has 3 rings (SSSR count). The molecule has 0 unspecified atom stereocenters. The minimum atomic E-state index is 0.0204. The topological polar surface area (TPSA) is 39.8 Å². The third kappa shape index (κ3) is 5.05. The Morgan fingerprint density at radius 2 is 1.44 bits per heavy atom. The van der Waals surface area contributed by atoms with Gasteiger partial charge in [-0.1, -0.05) is 47.6 Å². The van der Waals surface area contributed by atoms with Crippen LogP contribution in [0.4, 0.5) is 0 Å². The molecule has 4 nitrogen and oxygen atoms in total. The second kappa shape index (κ2) is 11.2. The minimum absolute atomic E-state index is 0.0204. The second-order valence-electron chi connectivity index (χ2n) is 4.80. The molecule has 3 aromatic rings. The number of nitrogens with zero attached hydrogens (tertiary/aromatic N) is 3. The molecule has 0 amide bonds. The normalized spacial score (nSPS) is 9.16. The molecular weight excluding hydrogens is 310 g/mol. The average Bonchev–Trinajstić information content (AvgIpc) is 2.90. The molecule has 0 aliphatic rings. The Labute approximate surface area is 152 Å². The maximum atomic E-state index is 12.1. The Kier molecular flexibility index (Phi) is 10.2. The van der Waals surface area contributed by atoms with Crippen molar-refractivity contribution in [1.29, 1.82) is 0 Å². The molecule has 0 atom stereocenters. The first-order valence-electron chi connectivity index (χ1n) is 9.16. The van der Waals surface area contributed by atoms with Gasteiger partial charge in [0, 0.05) is 25.9 Å². The van der Waals surface area contributed by atoms with E-state index in [0.29, 0.717) is 0 Å². The fourth-order valence-corrected chi connectivity index (χ4v) is 2.32. The highest BCUT2D eigenvalue weighted by molar-refractivity contribution is 5.83. The van der Waals surface area contributed by atoms with Crippen LogP contribution < -0.4 is 5.56 Å². The van der Waals surface area contributed by atoms with E-state index in [0.717, 1.165) is 27.7 Å². The molecule has 0 bridgehead atoms. The highest BCUT2D eigenvalue weighted by atomic mass is 16.1. The van der Waals surface area contributed by atoms with Crippen LogP contribution in [-0.4, -0.2) is 14.3 Å². The SMILES string of the molecule is CC.CC.CC.Cc1ccnc(-c2ccc3c(c2)c(=O)n(C)n3C)c1. The number of hydrogen-bond donors (Lipinski definition) is 0. The quantitative estimate of drug-likeness (QED) is 0.599. The third-order valence-corrected chi connectivity index (χ3v) is 3.53. The first-order valence-corrected chi connectivity index (χ1v) is 9.16. The maximum Gasteiger partial charge on any atom is 0.274 e. The molecule has 2 heterocycles. The monoisotopic (exact) mass is 343 g/mol. The van der Waals surface area contributed by atoms with E-state index in [1.165, 1.54) is 0 Å². The molecule has 0 aliphatic carbocycles.